The Labute approximate surface area is 120 Å². The first-order chi connectivity index (χ1) is 9.17. The zero-order valence-corrected chi connectivity index (χ0v) is 12.2. The van der Waals surface area contributed by atoms with Crippen molar-refractivity contribution in [1.29, 1.82) is 0 Å². The van der Waals surface area contributed by atoms with Crippen LogP contribution < -0.4 is 10.6 Å². The van der Waals surface area contributed by atoms with Crippen LogP contribution in [0.3, 0.4) is 0 Å². The van der Waals surface area contributed by atoms with Crippen LogP contribution >= 0.6 is 15.9 Å². The van der Waals surface area contributed by atoms with E-state index in [1.54, 1.807) is 18.0 Å². The van der Waals surface area contributed by atoms with E-state index in [4.69, 9.17) is 0 Å². The quantitative estimate of drug-likeness (QED) is 0.817. The summed E-state index contributed by atoms with van der Waals surface area (Å²) in [7, 11) is 1.77. The fraction of sp³-hybridized carbons (Fsp3) is 0.385. The highest BCUT2D eigenvalue weighted by atomic mass is 79.9. The molecule has 5 nitrogen and oxygen atoms in total. The highest BCUT2D eigenvalue weighted by Crippen LogP contribution is 2.23. The molecule has 0 radical (unpaired) electrons. The lowest BCUT2D eigenvalue weighted by atomic mass is 10.1. The van der Waals surface area contributed by atoms with Crippen LogP contribution in [0.15, 0.2) is 22.7 Å². The number of amides is 1. The van der Waals surface area contributed by atoms with Gasteiger partial charge in [0.25, 0.3) is 5.91 Å². The van der Waals surface area contributed by atoms with Gasteiger partial charge in [-0.25, -0.2) is 0 Å². The maximum absolute atomic E-state index is 12.6. The van der Waals surface area contributed by atoms with E-state index in [1.165, 1.54) is 0 Å². The SMILES string of the molecule is CNc1ccc(Br)cc1C(=O)N1CCNCC1C=O. The summed E-state index contributed by atoms with van der Waals surface area (Å²) in [5, 5.41) is 6.12. The van der Waals surface area contributed by atoms with E-state index in [0.717, 1.165) is 16.4 Å². The van der Waals surface area contributed by atoms with E-state index in [2.05, 4.69) is 26.6 Å². The molecule has 2 rings (SSSR count). The summed E-state index contributed by atoms with van der Waals surface area (Å²) in [6.07, 6.45) is 0.821. The molecule has 19 heavy (non-hydrogen) atoms. The van der Waals surface area contributed by atoms with Crippen LogP contribution in [0, 0.1) is 0 Å². The van der Waals surface area contributed by atoms with Crippen LogP contribution in [0.25, 0.3) is 0 Å². The molecule has 0 aromatic heterocycles. The van der Waals surface area contributed by atoms with E-state index < -0.39 is 6.04 Å². The van der Waals surface area contributed by atoms with Gasteiger partial charge in [0.05, 0.1) is 5.56 Å². The van der Waals surface area contributed by atoms with Gasteiger partial charge in [-0.2, -0.15) is 0 Å². The van der Waals surface area contributed by atoms with Crippen molar-refractivity contribution in [2.24, 2.45) is 0 Å². The second-order valence-electron chi connectivity index (χ2n) is 4.35. The van der Waals surface area contributed by atoms with Gasteiger partial charge in [-0.15, -0.1) is 0 Å². The number of halogens is 1. The molecule has 2 N–H and O–H groups in total. The largest absolute Gasteiger partial charge is 0.387 e. The van der Waals surface area contributed by atoms with Gasteiger partial charge in [0.1, 0.15) is 12.3 Å². The molecule has 0 saturated carbocycles. The molecule has 1 aliphatic rings. The second kappa shape index (κ2) is 6.16. The normalized spacial score (nSPS) is 19.1. The molecule has 1 saturated heterocycles. The fourth-order valence-corrected chi connectivity index (χ4v) is 2.53. The third-order valence-corrected chi connectivity index (χ3v) is 3.68. The van der Waals surface area contributed by atoms with Crippen LogP contribution in [-0.4, -0.2) is 49.8 Å². The Morgan fingerprint density at radius 1 is 1.58 bits per heavy atom. The minimum atomic E-state index is -0.398. The van der Waals surface area contributed by atoms with Crippen LogP contribution in [0.4, 0.5) is 5.69 Å². The van der Waals surface area contributed by atoms with Crippen molar-refractivity contribution in [3.05, 3.63) is 28.2 Å². The highest BCUT2D eigenvalue weighted by molar-refractivity contribution is 9.10. The smallest absolute Gasteiger partial charge is 0.256 e. The fourth-order valence-electron chi connectivity index (χ4n) is 2.17. The van der Waals surface area contributed by atoms with E-state index in [1.807, 2.05) is 12.1 Å². The molecule has 0 spiro atoms. The maximum atomic E-state index is 12.6. The average molecular weight is 326 g/mol. The first-order valence-electron chi connectivity index (χ1n) is 6.11. The topological polar surface area (TPSA) is 61.4 Å². The Bertz CT molecular complexity index is 493. The lowest BCUT2D eigenvalue weighted by Crippen LogP contribution is -2.54. The van der Waals surface area contributed by atoms with E-state index in [0.29, 0.717) is 25.2 Å². The molecule has 1 heterocycles. The maximum Gasteiger partial charge on any atom is 0.256 e. The minimum Gasteiger partial charge on any atom is -0.387 e. The summed E-state index contributed by atoms with van der Waals surface area (Å²) < 4.78 is 0.840. The summed E-state index contributed by atoms with van der Waals surface area (Å²) in [5.41, 5.74) is 1.34. The van der Waals surface area contributed by atoms with E-state index >= 15 is 0 Å². The zero-order chi connectivity index (χ0) is 13.8. The highest BCUT2D eigenvalue weighted by Gasteiger charge is 2.28. The average Bonchev–Trinajstić information content (AvgIpc) is 2.46. The van der Waals surface area contributed by atoms with Gasteiger partial charge in [0, 0.05) is 36.8 Å². The molecule has 1 aliphatic heterocycles. The van der Waals surface area contributed by atoms with Crippen molar-refractivity contribution in [2.75, 3.05) is 32.0 Å². The Kier molecular flexibility index (Phi) is 4.55. The number of carbonyl (C=O) groups excluding carboxylic acids is 2. The molecule has 0 aliphatic carbocycles. The standard InChI is InChI=1S/C13H16BrN3O2/c1-15-12-3-2-9(14)6-11(12)13(19)17-5-4-16-7-10(17)8-18/h2-3,6,8,10,15-16H,4-5,7H2,1H3. The van der Waals surface area contributed by atoms with Crippen molar-refractivity contribution in [3.8, 4) is 0 Å². The summed E-state index contributed by atoms with van der Waals surface area (Å²) in [5.74, 6) is -0.121. The number of carbonyl (C=O) groups is 2. The van der Waals surface area contributed by atoms with E-state index in [9.17, 15) is 9.59 Å². The summed E-state index contributed by atoms with van der Waals surface area (Å²) >= 11 is 3.37. The predicted molar refractivity (Wildman–Crippen MR) is 77.4 cm³/mol. The van der Waals surface area contributed by atoms with Crippen molar-refractivity contribution < 1.29 is 9.59 Å². The Morgan fingerprint density at radius 2 is 2.37 bits per heavy atom. The van der Waals surface area contributed by atoms with Gasteiger partial charge in [0.2, 0.25) is 0 Å². The van der Waals surface area contributed by atoms with Crippen molar-refractivity contribution in [3.63, 3.8) is 0 Å². The van der Waals surface area contributed by atoms with Gasteiger partial charge in [-0.05, 0) is 18.2 Å². The Hall–Kier alpha value is -1.40. The third-order valence-electron chi connectivity index (χ3n) is 3.18. The molecule has 1 aromatic rings. The number of benzene rings is 1. The molecule has 1 atom stereocenters. The number of aldehydes is 1. The number of anilines is 1. The van der Waals surface area contributed by atoms with Gasteiger partial charge < -0.3 is 20.3 Å². The first-order valence-corrected chi connectivity index (χ1v) is 6.91. The van der Waals surface area contributed by atoms with Crippen LogP contribution in [-0.2, 0) is 4.79 Å². The van der Waals surface area contributed by atoms with E-state index in [-0.39, 0.29) is 5.91 Å². The van der Waals surface area contributed by atoms with Crippen LogP contribution in [0.2, 0.25) is 0 Å². The number of piperazine rings is 1. The van der Waals surface area contributed by atoms with Gasteiger partial charge in [-0.1, -0.05) is 15.9 Å². The number of nitrogens with one attached hydrogen (secondary N) is 2. The molecule has 6 heteroatoms. The molecule has 1 unspecified atom stereocenters. The molecule has 1 aromatic carbocycles. The zero-order valence-electron chi connectivity index (χ0n) is 10.6. The Morgan fingerprint density at radius 3 is 3.05 bits per heavy atom. The van der Waals surface area contributed by atoms with Crippen molar-refractivity contribution in [2.45, 2.75) is 6.04 Å². The number of hydrogen-bond acceptors (Lipinski definition) is 4. The number of hydrogen-bond donors (Lipinski definition) is 2. The summed E-state index contributed by atoms with van der Waals surface area (Å²) in [6.45, 7) is 1.76. The van der Waals surface area contributed by atoms with Crippen LogP contribution in [0.5, 0.6) is 0 Å². The van der Waals surface area contributed by atoms with Gasteiger partial charge >= 0.3 is 0 Å². The Balaban J connectivity index is 2.32. The molecule has 1 amide bonds. The monoisotopic (exact) mass is 325 g/mol. The molecule has 102 valence electrons. The number of nitrogens with zero attached hydrogens (tertiary/aromatic N) is 1. The summed E-state index contributed by atoms with van der Waals surface area (Å²) in [4.78, 5) is 25.3. The molecule has 1 fully saturated rings. The first kappa shape index (κ1) is 14.0. The van der Waals surface area contributed by atoms with Crippen molar-refractivity contribution >= 4 is 33.8 Å². The lowest BCUT2D eigenvalue weighted by molar-refractivity contribution is -0.112. The summed E-state index contributed by atoms with van der Waals surface area (Å²) in [6, 6.07) is 5.09. The van der Waals surface area contributed by atoms with Gasteiger partial charge in [-0.3, -0.25) is 4.79 Å². The van der Waals surface area contributed by atoms with Gasteiger partial charge in [0.15, 0.2) is 0 Å². The molecular weight excluding hydrogens is 310 g/mol. The van der Waals surface area contributed by atoms with Crippen LogP contribution in [0.1, 0.15) is 10.4 Å². The molecule has 0 bridgehead atoms. The van der Waals surface area contributed by atoms with Crippen molar-refractivity contribution in [1.82, 2.24) is 10.2 Å². The second-order valence-corrected chi connectivity index (χ2v) is 5.26. The predicted octanol–water partition coefficient (Wildman–Crippen LogP) is 1.10. The molecular formula is C13H16BrN3O2. The third kappa shape index (κ3) is 2.96. The number of rotatable bonds is 3. The minimum absolute atomic E-state index is 0.121. The lowest BCUT2D eigenvalue weighted by Gasteiger charge is -2.33.